The molecular weight excluding hydrogens is 104 g/mol. The Bertz CT molecular complexity index is 167. The van der Waals surface area contributed by atoms with E-state index in [9.17, 15) is 0 Å². The summed E-state index contributed by atoms with van der Waals surface area (Å²) in [6, 6.07) is 0. The van der Waals surface area contributed by atoms with Gasteiger partial charge in [-0.1, -0.05) is 0 Å². The van der Waals surface area contributed by atoms with E-state index in [4.69, 9.17) is 4.74 Å². The summed E-state index contributed by atoms with van der Waals surface area (Å²) in [6.07, 6.45) is 3.99. The number of nitrogens with one attached hydrogen (secondary N) is 1. The van der Waals surface area contributed by atoms with Crippen LogP contribution in [0.2, 0.25) is 0 Å². The van der Waals surface area contributed by atoms with Gasteiger partial charge in [-0.05, 0) is 0 Å². The van der Waals surface area contributed by atoms with E-state index in [0.717, 1.165) is 12.2 Å². The highest BCUT2D eigenvalue weighted by Crippen LogP contribution is 2.27. The van der Waals surface area contributed by atoms with Crippen molar-refractivity contribution in [3.8, 4) is 0 Å². The standard InChI is InChI=1S/C5H6N2O/c1-4(2-7-6-1)5-3-8-5/h1-2,5H,3H2,(H,6,7). The number of aromatic amines is 1. The topological polar surface area (TPSA) is 41.2 Å². The molecule has 0 aliphatic carbocycles. The van der Waals surface area contributed by atoms with Crippen LogP contribution in [0.5, 0.6) is 0 Å². The lowest BCUT2D eigenvalue weighted by Gasteiger charge is -1.77. The first kappa shape index (κ1) is 4.09. The molecule has 1 aromatic rings. The minimum Gasteiger partial charge on any atom is -0.368 e. The highest BCUT2D eigenvalue weighted by Gasteiger charge is 2.24. The second kappa shape index (κ2) is 1.32. The van der Waals surface area contributed by atoms with Crippen molar-refractivity contribution in [2.24, 2.45) is 0 Å². The third-order valence-corrected chi connectivity index (χ3v) is 1.22. The molecule has 1 aromatic heterocycles. The van der Waals surface area contributed by atoms with Crippen LogP contribution < -0.4 is 0 Å². The van der Waals surface area contributed by atoms with Crippen molar-refractivity contribution in [3.05, 3.63) is 18.0 Å². The zero-order valence-electron chi connectivity index (χ0n) is 4.29. The van der Waals surface area contributed by atoms with Gasteiger partial charge in [0.15, 0.2) is 0 Å². The largest absolute Gasteiger partial charge is 0.368 e. The molecule has 0 bridgehead atoms. The van der Waals surface area contributed by atoms with E-state index in [1.807, 2.05) is 6.20 Å². The van der Waals surface area contributed by atoms with Crippen LogP contribution in [0, 0.1) is 0 Å². The Balaban J connectivity index is 2.28. The number of aromatic nitrogens is 2. The lowest BCUT2D eigenvalue weighted by atomic mass is 10.3. The van der Waals surface area contributed by atoms with Crippen molar-refractivity contribution in [3.63, 3.8) is 0 Å². The summed E-state index contributed by atoms with van der Waals surface area (Å²) in [5.74, 6) is 0. The van der Waals surface area contributed by atoms with Crippen molar-refractivity contribution < 1.29 is 4.74 Å². The molecule has 8 heavy (non-hydrogen) atoms. The van der Waals surface area contributed by atoms with Gasteiger partial charge in [-0.2, -0.15) is 5.10 Å². The Labute approximate surface area is 46.7 Å². The summed E-state index contributed by atoms with van der Waals surface area (Å²) < 4.78 is 4.99. The molecule has 1 unspecified atom stereocenters. The Morgan fingerprint density at radius 3 is 3.25 bits per heavy atom. The van der Waals surface area contributed by atoms with E-state index >= 15 is 0 Å². The van der Waals surface area contributed by atoms with E-state index in [0.29, 0.717) is 6.10 Å². The van der Waals surface area contributed by atoms with Gasteiger partial charge >= 0.3 is 0 Å². The molecular formula is C5H6N2O. The Morgan fingerprint density at radius 2 is 2.75 bits per heavy atom. The summed E-state index contributed by atoms with van der Waals surface area (Å²) in [5.41, 5.74) is 1.16. The van der Waals surface area contributed by atoms with E-state index in [2.05, 4.69) is 10.2 Å². The van der Waals surface area contributed by atoms with E-state index < -0.39 is 0 Å². The van der Waals surface area contributed by atoms with Gasteiger partial charge in [0.1, 0.15) is 6.10 Å². The van der Waals surface area contributed by atoms with Gasteiger partial charge in [-0.3, -0.25) is 5.10 Å². The smallest absolute Gasteiger partial charge is 0.109 e. The lowest BCUT2D eigenvalue weighted by molar-refractivity contribution is 0.415. The minimum atomic E-state index is 0.341. The SMILES string of the molecule is c1n[nH]cc1C1CO1. The van der Waals surface area contributed by atoms with Crippen LogP contribution in [0.4, 0.5) is 0 Å². The summed E-state index contributed by atoms with van der Waals surface area (Å²) in [7, 11) is 0. The highest BCUT2D eigenvalue weighted by molar-refractivity contribution is 5.10. The zero-order valence-corrected chi connectivity index (χ0v) is 4.29. The summed E-state index contributed by atoms with van der Waals surface area (Å²) >= 11 is 0. The van der Waals surface area contributed by atoms with Crippen molar-refractivity contribution in [1.82, 2.24) is 10.2 Å². The Hall–Kier alpha value is -0.830. The quantitative estimate of drug-likeness (QED) is 0.534. The van der Waals surface area contributed by atoms with Crippen LogP contribution in [-0.2, 0) is 4.74 Å². The first-order valence-corrected chi connectivity index (χ1v) is 2.57. The van der Waals surface area contributed by atoms with Crippen LogP contribution in [0.3, 0.4) is 0 Å². The van der Waals surface area contributed by atoms with Gasteiger partial charge in [-0.25, -0.2) is 0 Å². The van der Waals surface area contributed by atoms with Gasteiger partial charge in [0, 0.05) is 11.8 Å². The average Bonchev–Trinajstić information content (AvgIpc) is 2.49. The maximum Gasteiger partial charge on any atom is 0.109 e. The maximum absolute atomic E-state index is 4.99. The molecule has 0 spiro atoms. The number of nitrogens with zero attached hydrogens (tertiary/aromatic N) is 1. The number of rotatable bonds is 1. The molecule has 0 saturated carbocycles. The van der Waals surface area contributed by atoms with Gasteiger partial charge < -0.3 is 4.74 Å². The van der Waals surface area contributed by atoms with Crippen molar-refractivity contribution in [2.75, 3.05) is 6.61 Å². The molecule has 0 aromatic carbocycles. The number of epoxide rings is 1. The van der Waals surface area contributed by atoms with Crippen molar-refractivity contribution in [1.29, 1.82) is 0 Å². The van der Waals surface area contributed by atoms with Crippen molar-refractivity contribution in [2.45, 2.75) is 6.10 Å². The molecule has 0 amide bonds. The van der Waals surface area contributed by atoms with E-state index in [1.165, 1.54) is 0 Å². The molecule has 1 saturated heterocycles. The van der Waals surface area contributed by atoms with Gasteiger partial charge in [-0.15, -0.1) is 0 Å². The number of H-pyrrole nitrogens is 1. The monoisotopic (exact) mass is 110 g/mol. The second-order valence-electron chi connectivity index (χ2n) is 1.85. The molecule has 42 valence electrons. The third kappa shape index (κ3) is 0.518. The first-order valence-electron chi connectivity index (χ1n) is 2.57. The first-order chi connectivity index (χ1) is 3.97. The predicted molar refractivity (Wildman–Crippen MR) is 27.3 cm³/mol. The molecule has 1 aliphatic rings. The van der Waals surface area contributed by atoms with Crippen LogP contribution >= 0.6 is 0 Å². The Kier molecular flexibility index (Phi) is 0.676. The highest BCUT2D eigenvalue weighted by atomic mass is 16.6. The number of hydrogen-bond donors (Lipinski definition) is 1. The molecule has 1 atom stereocenters. The summed E-state index contributed by atoms with van der Waals surface area (Å²) in [6.45, 7) is 0.861. The zero-order chi connectivity index (χ0) is 5.40. The second-order valence-corrected chi connectivity index (χ2v) is 1.85. The van der Waals surface area contributed by atoms with Gasteiger partial charge in [0.25, 0.3) is 0 Å². The number of ether oxygens (including phenoxy) is 1. The fourth-order valence-electron chi connectivity index (χ4n) is 0.678. The molecule has 2 rings (SSSR count). The average molecular weight is 110 g/mol. The van der Waals surface area contributed by atoms with Crippen LogP contribution in [0.25, 0.3) is 0 Å². The molecule has 1 N–H and O–H groups in total. The lowest BCUT2D eigenvalue weighted by Crippen LogP contribution is -1.69. The van der Waals surface area contributed by atoms with Gasteiger partial charge in [0.05, 0.1) is 12.8 Å². The van der Waals surface area contributed by atoms with Crippen LogP contribution in [0.1, 0.15) is 11.7 Å². The minimum absolute atomic E-state index is 0.341. The van der Waals surface area contributed by atoms with E-state index in [-0.39, 0.29) is 0 Å². The summed E-state index contributed by atoms with van der Waals surface area (Å²) in [5, 5.41) is 6.50. The molecule has 3 heteroatoms. The fourth-order valence-corrected chi connectivity index (χ4v) is 0.678. The molecule has 1 aliphatic heterocycles. The Morgan fingerprint density at radius 1 is 1.88 bits per heavy atom. The molecule has 3 nitrogen and oxygen atoms in total. The predicted octanol–water partition coefficient (Wildman–Crippen LogP) is 0.481. The molecule has 1 fully saturated rings. The molecule has 2 heterocycles. The molecule has 0 radical (unpaired) electrons. The maximum atomic E-state index is 4.99. The fraction of sp³-hybridized carbons (Fsp3) is 0.400. The van der Waals surface area contributed by atoms with Crippen LogP contribution in [-0.4, -0.2) is 16.8 Å². The normalized spacial score (nSPS) is 25.8. The van der Waals surface area contributed by atoms with Crippen molar-refractivity contribution >= 4 is 0 Å². The van der Waals surface area contributed by atoms with Gasteiger partial charge in [0.2, 0.25) is 0 Å². The van der Waals surface area contributed by atoms with Crippen LogP contribution in [0.15, 0.2) is 12.4 Å². The summed E-state index contributed by atoms with van der Waals surface area (Å²) in [4.78, 5) is 0. The van der Waals surface area contributed by atoms with E-state index in [1.54, 1.807) is 6.20 Å². The number of hydrogen-bond acceptors (Lipinski definition) is 2. The third-order valence-electron chi connectivity index (χ3n) is 1.22.